The summed E-state index contributed by atoms with van der Waals surface area (Å²) in [4.78, 5) is 36.8. The average Bonchev–Trinajstić information content (AvgIpc) is 3.99. The molecule has 0 N–H and O–H groups in total. The van der Waals surface area contributed by atoms with Gasteiger partial charge in [-0.1, -0.05) is 65.7 Å². The molecule has 3 aromatic carbocycles. The van der Waals surface area contributed by atoms with E-state index in [1.54, 1.807) is 30.7 Å². The first-order chi connectivity index (χ1) is 25.3. The van der Waals surface area contributed by atoms with Crippen molar-refractivity contribution in [3.63, 3.8) is 0 Å². The lowest BCUT2D eigenvalue weighted by Crippen LogP contribution is -2.40. The van der Waals surface area contributed by atoms with Crippen LogP contribution in [-0.2, 0) is 22.4 Å². The highest BCUT2D eigenvalue weighted by atomic mass is 35.5. The Kier molecular flexibility index (Phi) is 9.83. The minimum absolute atomic E-state index is 0.0794. The van der Waals surface area contributed by atoms with Crippen molar-refractivity contribution in [1.82, 2.24) is 19.4 Å². The number of rotatable bonds is 11. The minimum atomic E-state index is -0.427. The summed E-state index contributed by atoms with van der Waals surface area (Å²) in [6.45, 7) is 3.89. The number of para-hydroxylation sites is 2. The van der Waals surface area contributed by atoms with Gasteiger partial charge in [-0.3, -0.25) is 9.59 Å². The standard InChI is InChI=1S/C41H40Cl2N4O5/c42-30-12-13-32(33(43)24-30)40(49)46-21-17-41(27-46,36-26-51-37(52-36)23-28-7-2-1-3-8-28)16-20-45-18-14-29(15-19-45)38(48)39-44-34-10-4-5-11-35(34)47(39)25-31-9-6-22-50-31/h1-13,22,24,26,29,37H,14-21,23,25,27H2. The molecule has 2 aromatic heterocycles. The number of Topliss-reactive ketones (excluding diaryl/α,β-unsaturated/α-hetero) is 1. The second kappa shape index (κ2) is 14.8. The molecule has 1 amide bonds. The number of amides is 1. The maximum absolute atomic E-state index is 14.0. The topological polar surface area (TPSA) is 90.0 Å². The van der Waals surface area contributed by atoms with Crippen molar-refractivity contribution in [2.45, 2.75) is 44.9 Å². The van der Waals surface area contributed by atoms with Crippen LogP contribution in [0.5, 0.6) is 0 Å². The number of hydrogen-bond donors (Lipinski definition) is 0. The summed E-state index contributed by atoms with van der Waals surface area (Å²) in [5, 5.41) is 0.827. The number of likely N-dealkylation sites (tertiary alicyclic amines) is 2. The highest BCUT2D eigenvalue weighted by Crippen LogP contribution is 2.45. The van der Waals surface area contributed by atoms with Crippen LogP contribution in [0.15, 0.2) is 108 Å². The van der Waals surface area contributed by atoms with Gasteiger partial charge in [-0.05, 0) is 93.3 Å². The SMILES string of the molecule is O=C(c1nc2ccccc2n1Cc1ccco1)C1CCN(CCC2(C3=COC(Cc4ccccc4)O3)CCN(C(=O)c3ccc(Cl)cc3Cl)C2)CC1. The number of benzene rings is 3. The van der Waals surface area contributed by atoms with Gasteiger partial charge in [-0.2, -0.15) is 0 Å². The maximum atomic E-state index is 14.0. The normalized spacial score (nSPS) is 20.9. The second-order valence-electron chi connectivity index (χ2n) is 14.1. The van der Waals surface area contributed by atoms with E-state index in [9.17, 15) is 9.59 Å². The van der Waals surface area contributed by atoms with E-state index in [4.69, 9.17) is 42.1 Å². The fraction of sp³-hybridized carbons (Fsp3) is 0.341. The highest BCUT2D eigenvalue weighted by molar-refractivity contribution is 6.36. The number of piperidine rings is 1. The zero-order valence-corrected chi connectivity index (χ0v) is 30.3. The number of hydrogen-bond acceptors (Lipinski definition) is 7. The molecule has 3 aliphatic heterocycles. The molecule has 268 valence electrons. The summed E-state index contributed by atoms with van der Waals surface area (Å²) >= 11 is 12.6. The number of fused-ring (bicyclic) bond motifs is 1. The number of halogens is 2. The van der Waals surface area contributed by atoms with E-state index >= 15 is 0 Å². The molecule has 0 saturated carbocycles. The smallest absolute Gasteiger partial charge is 0.255 e. The number of ketones is 1. The van der Waals surface area contributed by atoms with Crippen LogP contribution in [-0.4, -0.2) is 70.1 Å². The Morgan fingerprint density at radius 2 is 1.73 bits per heavy atom. The highest BCUT2D eigenvalue weighted by Gasteiger charge is 2.47. The summed E-state index contributed by atoms with van der Waals surface area (Å²) in [5.74, 6) is 1.89. The van der Waals surface area contributed by atoms with Crippen molar-refractivity contribution in [2.75, 3.05) is 32.7 Å². The quantitative estimate of drug-likeness (QED) is 0.126. The molecule has 0 spiro atoms. The largest absolute Gasteiger partial charge is 0.467 e. The predicted octanol–water partition coefficient (Wildman–Crippen LogP) is 8.26. The number of imidazole rings is 1. The molecule has 0 radical (unpaired) electrons. The van der Waals surface area contributed by atoms with E-state index < -0.39 is 11.7 Å². The molecule has 5 heterocycles. The Morgan fingerprint density at radius 1 is 0.923 bits per heavy atom. The first-order valence-electron chi connectivity index (χ1n) is 17.9. The van der Waals surface area contributed by atoms with Crippen molar-refractivity contribution in [1.29, 1.82) is 0 Å². The molecular formula is C41H40Cl2N4O5. The van der Waals surface area contributed by atoms with Gasteiger partial charge in [-0.15, -0.1) is 0 Å². The first kappa shape index (κ1) is 34.5. The van der Waals surface area contributed by atoms with Crippen molar-refractivity contribution < 1.29 is 23.5 Å². The van der Waals surface area contributed by atoms with Gasteiger partial charge in [0.25, 0.3) is 5.91 Å². The Balaban J connectivity index is 0.949. The first-order valence-corrected chi connectivity index (χ1v) is 18.7. The molecule has 3 aliphatic rings. The number of aromatic nitrogens is 2. The van der Waals surface area contributed by atoms with E-state index in [1.165, 1.54) is 0 Å². The number of carbonyl (C=O) groups excluding carboxylic acids is 2. The van der Waals surface area contributed by atoms with Gasteiger partial charge in [0.05, 0.1) is 39.8 Å². The molecule has 2 fully saturated rings. The number of furan rings is 1. The molecule has 5 aromatic rings. The molecule has 11 heteroatoms. The summed E-state index contributed by atoms with van der Waals surface area (Å²) in [6.07, 6.45) is 6.61. The van der Waals surface area contributed by atoms with Gasteiger partial charge >= 0.3 is 0 Å². The summed E-state index contributed by atoms with van der Waals surface area (Å²) in [6, 6.07) is 26.8. The molecular weight excluding hydrogens is 699 g/mol. The molecule has 52 heavy (non-hydrogen) atoms. The zero-order valence-electron chi connectivity index (χ0n) is 28.8. The van der Waals surface area contributed by atoms with Crippen LogP contribution < -0.4 is 0 Å². The van der Waals surface area contributed by atoms with Crippen molar-refractivity contribution >= 4 is 45.9 Å². The van der Waals surface area contributed by atoms with Crippen LogP contribution in [0.3, 0.4) is 0 Å². The van der Waals surface area contributed by atoms with Gasteiger partial charge in [0.15, 0.2) is 5.82 Å². The summed E-state index contributed by atoms with van der Waals surface area (Å²) < 4.78 is 20.2. The fourth-order valence-electron chi connectivity index (χ4n) is 7.84. The van der Waals surface area contributed by atoms with Crippen molar-refractivity contribution in [3.8, 4) is 0 Å². The third-order valence-corrected chi connectivity index (χ3v) is 11.3. The Morgan fingerprint density at radius 3 is 2.52 bits per heavy atom. The molecule has 0 bridgehead atoms. The Hall–Kier alpha value is -4.57. The van der Waals surface area contributed by atoms with Gasteiger partial charge in [-0.25, -0.2) is 4.98 Å². The van der Waals surface area contributed by atoms with Crippen LogP contribution in [0.1, 0.15) is 58.0 Å². The monoisotopic (exact) mass is 738 g/mol. The Bertz CT molecular complexity index is 2090. The van der Waals surface area contributed by atoms with Crippen LogP contribution in [0.25, 0.3) is 11.0 Å². The van der Waals surface area contributed by atoms with Crippen LogP contribution in [0.4, 0.5) is 0 Å². The number of nitrogens with zero attached hydrogens (tertiary/aromatic N) is 4. The van der Waals surface area contributed by atoms with E-state index in [-0.39, 0.29) is 17.6 Å². The predicted molar refractivity (Wildman–Crippen MR) is 199 cm³/mol. The fourth-order valence-corrected chi connectivity index (χ4v) is 8.33. The van der Waals surface area contributed by atoms with Crippen LogP contribution >= 0.6 is 23.2 Å². The maximum Gasteiger partial charge on any atom is 0.255 e. The van der Waals surface area contributed by atoms with Gasteiger partial charge in [0.1, 0.15) is 17.8 Å². The Labute approximate surface area is 312 Å². The van der Waals surface area contributed by atoms with Crippen LogP contribution in [0, 0.1) is 11.3 Å². The second-order valence-corrected chi connectivity index (χ2v) is 14.9. The van der Waals surface area contributed by atoms with E-state index in [0.29, 0.717) is 47.5 Å². The van der Waals surface area contributed by atoms with Gasteiger partial charge in [0.2, 0.25) is 12.1 Å². The number of ether oxygens (including phenoxy) is 2. The third-order valence-electron chi connectivity index (χ3n) is 10.8. The lowest BCUT2D eigenvalue weighted by atomic mass is 9.81. The van der Waals surface area contributed by atoms with Gasteiger partial charge < -0.3 is 28.3 Å². The lowest BCUT2D eigenvalue weighted by molar-refractivity contribution is -0.0453. The third kappa shape index (κ3) is 7.09. The van der Waals surface area contributed by atoms with Crippen molar-refractivity contribution in [3.05, 3.63) is 136 Å². The summed E-state index contributed by atoms with van der Waals surface area (Å²) in [7, 11) is 0. The van der Waals surface area contributed by atoms with E-state index in [0.717, 1.165) is 73.4 Å². The molecule has 8 rings (SSSR count). The number of carbonyl (C=O) groups is 2. The van der Waals surface area contributed by atoms with Gasteiger partial charge in [0, 0.05) is 30.5 Å². The summed E-state index contributed by atoms with van der Waals surface area (Å²) in [5.41, 5.74) is 2.87. The van der Waals surface area contributed by atoms with Crippen LogP contribution in [0.2, 0.25) is 10.0 Å². The van der Waals surface area contributed by atoms with E-state index in [1.807, 2.05) is 64.1 Å². The van der Waals surface area contributed by atoms with E-state index in [2.05, 4.69) is 17.0 Å². The zero-order chi connectivity index (χ0) is 35.7. The molecule has 2 atom stereocenters. The molecule has 2 unspecified atom stereocenters. The minimum Gasteiger partial charge on any atom is -0.467 e. The molecule has 9 nitrogen and oxygen atoms in total. The molecule has 2 saturated heterocycles. The average molecular weight is 740 g/mol. The van der Waals surface area contributed by atoms with Crippen molar-refractivity contribution in [2.24, 2.45) is 11.3 Å². The molecule has 0 aliphatic carbocycles. The lowest BCUT2D eigenvalue weighted by Gasteiger charge is -2.35.